The molecule has 7 rings (SSSR count). The van der Waals surface area contributed by atoms with E-state index < -0.39 is 36.0 Å². The molecule has 2 aliphatic rings. The Labute approximate surface area is 404 Å². The largest absolute Gasteiger partial charge is 0.445 e. The molecule has 0 aliphatic carbocycles. The number of primary amides is 1. The van der Waals surface area contributed by atoms with Crippen LogP contribution in [0, 0.1) is 12.8 Å². The first-order valence-electron chi connectivity index (χ1n) is 23.5. The van der Waals surface area contributed by atoms with Crippen LogP contribution in [0.3, 0.4) is 0 Å². The predicted molar refractivity (Wildman–Crippen MR) is 257 cm³/mol. The molecule has 5 aromatic rings. The first kappa shape index (κ1) is 49.9. The smallest absolute Gasteiger partial charge is 0.410 e. The van der Waals surface area contributed by atoms with Crippen LogP contribution >= 0.6 is 0 Å². The topological polar surface area (TPSA) is 281 Å². The van der Waals surface area contributed by atoms with Crippen molar-refractivity contribution in [3.63, 3.8) is 0 Å². The third kappa shape index (κ3) is 13.2. The van der Waals surface area contributed by atoms with Crippen LogP contribution in [-0.2, 0) is 35.3 Å². The number of unbranched alkanes of at least 4 members (excludes halogenated alkanes) is 2. The number of likely N-dealkylation sites (tertiary alicyclic amines) is 1. The number of pyridine rings is 2. The van der Waals surface area contributed by atoms with E-state index in [9.17, 15) is 33.6 Å². The van der Waals surface area contributed by atoms with Crippen LogP contribution in [0.25, 0.3) is 28.3 Å². The Morgan fingerprint density at radius 2 is 1.64 bits per heavy atom. The highest BCUT2D eigenvalue weighted by molar-refractivity contribution is 6.12. The van der Waals surface area contributed by atoms with Crippen molar-refractivity contribution in [3.8, 4) is 22.6 Å². The molecule has 1 fully saturated rings. The number of hydrogen-bond donors (Lipinski definition) is 6. The Bertz CT molecular complexity index is 2710. The molecule has 70 heavy (non-hydrogen) atoms. The molecule has 368 valence electrons. The maximum absolute atomic E-state index is 13.6. The zero-order chi connectivity index (χ0) is 49.7. The molecule has 0 bridgehead atoms. The van der Waals surface area contributed by atoms with Crippen molar-refractivity contribution in [3.05, 3.63) is 96.4 Å². The first-order chi connectivity index (χ1) is 33.7. The summed E-state index contributed by atoms with van der Waals surface area (Å²) in [5.41, 5.74) is 11.1. The van der Waals surface area contributed by atoms with Gasteiger partial charge in [-0.05, 0) is 93.3 Å². The average molecular weight is 958 g/mol. The van der Waals surface area contributed by atoms with Gasteiger partial charge in [0.15, 0.2) is 5.65 Å². The Morgan fingerprint density at radius 3 is 2.36 bits per heavy atom. The molecule has 0 spiro atoms. The molecule has 4 aromatic heterocycles. The van der Waals surface area contributed by atoms with Gasteiger partial charge in [-0.2, -0.15) is 5.10 Å². The van der Waals surface area contributed by atoms with Gasteiger partial charge < -0.3 is 41.6 Å². The van der Waals surface area contributed by atoms with Crippen LogP contribution in [0.5, 0.6) is 0 Å². The van der Waals surface area contributed by atoms with Gasteiger partial charge in [-0.25, -0.2) is 24.1 Å². The van der Waals surface area contributed by atoms with E-state index >= 15 is 0 Å². The lowest BCUT2D eigenvalue weighted by atomic mass is 9.96. The number of carbonyl (C=O) groups excluding carboxylic acids is 7. The molecule has 1 unspecified atom stereocenters. The fraction of sp³-hybridized carbons (Fsp3) is 0.408. The predicted octanol–water partition coefficient (Wildman–Crippen LogP) is 4.50. The number of rotatable bonds is 21. The second-order valence-corrected chi connectivity index (χ2v) is 17.7. The van der Waals surface area contributed by atoms with Crippen molar-refractivity contribution < 1.29 is 38.3 Å². The van der Waals surface area contributed by atoms with E-state index in [0.29, 0.717) is 62.9 Å². The van der Waals surface area contributed by atoms with Gasteiger partial charge in [-0.3, -0.25) is 33.9 Å². The van der Waals surface area contributed by atoms with E-state index in [1.54, 1.807) is 47.5 Å². The van der Waals surface area contributed by atoms with E-state index in [1.807, 2.05) is 43.5 Å². The molecular formula is C49H59N13O8. The van der Waals surface area contributed by atoms with E-state index in [0.717, 1.165) is 44.7 Å². The number of fused-ring (bicyclic) bond motifs is 1. The molecule has 2 atom stereocenters. The summed E-state index contributed by atoms with van der Waals surface area (Å²) in [6, 6.07) is 13.8. The molecular weight excluding hydrogens is 899 g/mol. The molecule has 7 N–H and O–H groups in total. The summed E-state index contributed by atoms with van der Waals surface area (Å²) in [4.78, 5) is 109. The zero-order valence-corrected chi connectivity index (χ0v) is 39.5. The number of amides is 8. The molecule has 21 heteroatoms. The quantitative estimate of drug-likeness (QED) is 0.0438. The van der Waals surface area contributed by atoms with Crippen LogP contribution in [0.2, 0.25) is 0 Å². The number of ether oxygens (including phenoxy) is 1. The number of nitrogens with two attached hydrogens (primary N) is 1. The number of benzene rings is 1. The van der Waals surface area contributed by atoms with Gasteiger partial charge in [0.25, 0.3) is 11.8 Å². The number of aromatic nitrogens is 6. The maximum Gasteiger partial charge on any atom is 0.410 e. The molecule has 21 nitrogen and oxygen atoms in total. The highest BCUT2D eigenvalue weighted by Gasteiger charge is 2.31. The van der Waals surface area contributed by atoms with Gasteiger partial charge in [0, 0.05) is 73.8 Å². The van der Waals surface area contributed by atoms with Crippen molar-refractivity contribution in [2.24, 2.45) is 11.7 Å². The zero-order valence-electron chi connectivity index (χ0n) is 39.5. The minimum Gasteiger partial charge on any atom is -0.445 e. The average Bonchev–Trinajstić information content (AvgIpc) is 4.09. The lowest BCUT2D eigenvalue weighted by Gasteiger charge is -2.30. The standard InChI is InChI=1S/C49H59N13O8/c1-30(2)42(57-39(63)12-5-4-6-24-61-40(64)19-20-41(61)65)47(67)56-37(11-8-23-51-48(50)68)46(66)55-35-16-13-32(14-17-35)28-70-49(69)60-25-21-33(22-26-60)45-58-43(34-15-18-38-52-29-53-62(38)27-34)44(59-45)36-10-7-9-31(3)54-36/h7,9-10,13-20,27,29-30,33,37,42H,4-6,8,11-12,21-26,28H2,1-3H3,(H,55,66)(H,56,67)(H,57,63)(H,58,59)(H3,50,51,68)/t37-,42?/m0/s1. The summed E-state index contributed by atoms with van der Waals surface area (Å²) in [5, 5.41) is 15.2. The fourth-order valence-electron chi connectivity index (χ4n) is 8.32. The van der Waals surface area contributed by atoms with Gasteiger partial charge in [-0.15, -0.1) is 0 Å². The molecule has 0 radical (unpaired) electrons. The normalized spacial score (nSPS) is 14.7. The number of H-pyrrole nitrogens is 1. The number of urea groups is 1. The Hall–Kier alpha value is -7.97. The number of piperidine rings is 1. The minimum atomic E-state index is -1.03. The highest BCUT2D eigenvalue weighted by atomic mass is 16.6. The van der Waals surface area contributed by atoms with E-state index in [2.05, 4.69) is 36.3 Å². The summed E-state index contributed by atoms with van der Waals surface area (Å²) < 4.78 is 7.42. The van der Waals surface area contributed by atoms with Crippen LogP contribution < -0.4 is 27.0 Å². The Kier molecular flexibility index (Phi) is 16.7. The van der Waals surface area contributed by atoms with Crippen LogP contribution in [0.4, 0.5) is 15.3 Å². The van der Waals surface area contributed by atoms with Crippen LogP contribution in [-0.4, -0.2) is 119 Å². The van der Waals surface area contributed by atoms with Crippen molar-refractivity contribution in [2.75, 3.05) is 31.5 Å². The molecule has 1 aromatic carbocycles. The number of nitrogens with one attached hydrogen (secondary N) is 5. The fourth-order valence-corrected chi connectivity index (χ4v) is 8.32. The first-order valence-corrected chi connectivity index (χ1v) is 23.5. The molecule has 2 aliphatic heterocycles. The van der Waals surface area contributed by atoms with Gasteiger partial charge in [0.2, 0.25) is 17.7 Å². The monoisotopic (exact) mass is 957 g/mol. The number of aryl methyl sites for hydroxylation is 1. The summed E-state index contributed by atoms with van der Waals surface area (Å²) >= 11 is 0. The van der Waals surface area contributed by atoms with E-state index in [4.69, 9.17) is 20.4 Å². The van der Waals surface area contributed by atoms with Crippen molar-refractivity contribution >= 4 is 53.0 Å². The number of imidazole rings is 1. The Morgan fingerprint density at radius 1 is 0.886 bits per heavy atom. The third-order valence-electron chi connectivity index (χ3n) is 12.2. The molecule has 6 heterocycles. The van der Waals surface area contributed by atoms with Crippen molar-refractivity contribution in [2.45, 2.75) is 96.7 Å². The summed E-state index contributed by atoms with van der Waals surface area (Å²) in [7, 11) is 0. The highest BCUT2D eigenvalue weighted by Crippen LogP contribution is 2.34. The number of hydrogen-bond acceptors (Lipinski definition) is 12. The van der Waals surface area contributed by atoms with Gasteiger partial charge in [0.05, 0.1) is 11.4 Å². The summed E-state index contributed by atoms with van der Waals surface area (Å²) in [6.07, 6.45) is 8.97. The van der Waals surface area contributed by atoms with Crippen molar-refractivity contribution in [1.29, 1.82) is 0 Å². The van der Waals surface area contributed by atoms with E-state index in [-0.39, 0.29) is 62.1 Å². The maximum atomic E-state index is 13.6. The van der Waals surface area contributed by atoms with Crippen molar-refractivity contribution in [1.82, 2.24) is 55.3 Å². The Balaban J connectivity index is 0.889. The summed E-state index contributed by atoms with van der Waals surface area (Å²) in [6.45, 7) is 6.87. The SMILES string of the molecule is Cc1cccc(-c2nc(C3CCN(C(=O)OCc4ccc(NC(=O)[C@H](CCCNC(N)=O)NC(=O)C(NC(=O)CCCCCN5C(=O)C=CC5=O)C(C)C)cc4)CC3)[nH]c2-c2ccc3ncnn3c2)n1. The van der Waals surface area contributed by atoms with Crippen LogP contribution in [0.1, 0.15) is 88.2 Å². The van der Waals surface area contributed by atoms with Crippen LogP contribution in [0.15, 0.2) is 79.3 Å². The van der Waals surface area contributed by atoms with Gasteiger partial charge in [-0.1, -0.05) is 38.5 Å². The lowest BCUT2D eigenvalue weighted by Crippen LogP contribution is -2.54. The number of aromatic amines is 1. The van der Waals surface area contributed by atoms with Gasteiger partial charge in [0.1, 0.15) is 36.5 Å². The minimum absolute atomic E-state index is 0.00366. The second kappa shape index (κ2) is 23.4. The molecule has 8 amide bonds. The summed E-state index contributed by atoms with van der Waals surface area (Å²) in [5.74, 6) is -1.56. The number of nitrogens with zero attached hydrogens (tertiary/aromatic N) is 7. The number of carbonyl (C=O) groups is 7. The lowest BCUT2D eigenvalue weighted by molar-refractivity contribution is -0.137. The van der Waals surface area contributed by atoms with Gasteiger partial charge >= 0.3 is 12.1 Å². The molecule has 1 saturated heterocycles. The number of anilines is 1. The molecule has 0 saturated carbocycles. The van der Waals surface area contributed by atoms with E-state index in [1.165, 1.54) is 18.5 Å². The number of imide groups is 1. The second-order valence-electron chi connectivity index (χ2n) is 17.7. The third-order valence-corrected chi connectivity index (χ3v) is 12.2.